The Bertz CT molecular complexity index is 359. The van der Waals surface area contributed by atoms with Crippen LogP contribution in [0.15, 0.2) is 29.4 Å². The molecule has 1 heterocycles. The van der Waals surface area contributed by atoms with Crippen molar-refractivity contribution in [2.24, 2.45) is 5.11 Å². The quantitative estimate of drug-likeness (QED) is 0.447. The molecule has 4 heteroatoms. The normalized spacial score (nSPS) is 20.7. The molecule has 0 amide bonds. The van der Waals surface area contributed by atoms with E-state index >= 15 is 0 Å². The van der Waals surface area contributed by atoms with Crippen LogP contribution in [0.3, 0.4) is 0 Å². The van der Waals surface area contributed by atoms with Gasteiger partial charge in [0.25, 0.3) is 0 Å². The highest BCUT2D eigenvalue weighted by Crippen LogP contribution is 2.25. The summed E-state index contributed by atoms with van der Waals surface area (Å²) in [6.07, 6.45) is 2.48. The van der Waals surface area contributed by atoms with Crippen molar-refractivity contribution in [1.29, 1.82) is 0 Å². The van der Waals surface area contributed by atoms with Crippen LogP contribution in [0.5, 0.6) is 0 Å². The van der Waals surface area contributed by atoms with Crippen LogP contribution in [0.2, 0.25) is 0 Å². The van der Waals surface area contributed by atoms with Crippen LogP contribution in [0.4, 0.5) is 5.69 Å². The lowest BCUT2D eigenvalue weighted by Gasteiger charge is -2.23. The first-order valence-corrected chi connectivity index (χ1v) is 5.26. The van der Waals surface area contributed by atoms with Crippen LogP contribution >= 0.6 is 0 Å². The average Bonchev–Trinajstić information content (AvgIpc) is 2.32. The maximum absolute atomic E-state index is 8.29. The minimum atomic E-state index is 0.610. The van der Waals surface area contributed by atoms with Crippen LogP contribution in [-0.4, -0.2) is 13.1 Å². The van der Waals surface area contributed by atoms with E-state index < -0.39 is 0 Å². The topological polar surface area (TPSA) is 60.8 Å². The second-order valence-electron chi connectivity index (χ2n) is 3.82. The summed E-state index contributed by atoms with van der Waals surface area (Å²) in [6.45, 7) is 2.19. The van der Waals surface area contributed by atoms with Gasteiger partial charge in [-0.3, -0.25) is 0 Å². The molecule has 4 nitrogen and oxygen atoms in total. The summed E-state index contributed by atoms with van der Waals surface area (Å²) in [5.41, 5.74) is 10.3. The van der Waals surface area contributed by atoms with Crippen LogP contribution in [0, 0.1) is 0 Å². The third-order valence-corrected chi connectivity index (χ3v) is 2.82. The molecule has 15 heavy (non-hydrogen) atoms. The van der Waals surface area contributed by atoms with Gasteiger partial charge in [-0.2, -0.15) is 0 Å². The molecular weight excluding hydrogens is 188 g/mol. The fraction of sp³-hybridized carbons (Fsp3) is 0.455. The fourth-order valence-electron chi connectivity index (χ4n) is 2.00. The number of benzene rings is 1. The molecule has 0 aromatic heterocycles. The van der Waals surface area contributed by atoms with Gasteiger partial charge in [0.15, 0.2) is 0 Å². The van der Waals surface area contributed by atoms with Gasteiger partial charge in [-0.05, 0) is 36.4 Å². The van der Waals surface area contributed by atoms with Crippen LogP contribution < -0.4 is 5.32 Å². The zero-order valence-corrected chi connectivity index (χ0v) is 8.56. The highest BCUT2D eigenvalue weighted by atomic mass is 15.1. The Morgan fingerprint density at radius 3 is 2.73 bits per heavy atom. The van der Waals surface area contributed by atoms with Crippen molar-refractivity contribution >= 4 is 5.69 Å². The van der Waals surface area contributed by atoms with Crippen LogP contribution in [0.1, 0.15) is 24.3 Å². The Kier molecular flexibility index (Phi) is 3.22. The van der Waals surface area contributed by atoms with Crippen molar-refractivity contribution in [3.05, 3.63) is 40.3 Å². The highest BCUT2D eigenvalue weighted by molar-refractivity contribution is 5.39. The predicted molar refractivity (Wildman–Crippen MR) is 60.1 cm³/mol. The van der Waals surface area contributed by atoms with E-state index in [1.165, 1.54) is 18.4 Å². The molecule has 0 spiro atoms. The number of azide groups is 1. The van der Waals surface area contributed by atoms with Crippen molar-refractivity contribution in [1.82, 2.24) is 5.32 Å². The molecule has 1 aromatic carbocycles. The SMILES string of the molecule is [N-]=[N+]=Nc1ccc(C2CCCNC2)cc1. The zero-order valence-electron chi connectivity index (χ0n) is 8.56. The van der Waals surface area contributed by atoms with E-state index in [4.69, 9.17) is 5.53 Å². The molecule has 1 fully saturated rings. The Labute approximate surface area is 88.9 Å². The number of rotatable bonds is 2. The second-order valence-corrected chi connectivity index (χ2v) is 3.82. The van der Waals surface area contributed by atoms with Gasteiger partial charge in [-0.15, -0.1) is 0 Å². The molecule has 1 N–H and O–H groups in total. The average molecular weight is 202 g/mol. The van der Waals surface area contributed by atoms with Crippen molar-refractivity contribution < 1.29 is 0 Å². The molecule has 0 aliphatic carbocycles. The van der Waals surface area contributed by atoms with Gasteiger partial charge in [0.2, 0.25) is 0 Å². The van der Waals surface area contributed by atoms with E-state index in [0.29, 0.717) is 11.6 Å². The minimum absolute atomic E-state index is 0.610. The smallest absolute Gasteiger partial charge is 0.0375 e. The number of nitrogens with zero attached hydrogens (tertiary/aromatic N) is 3. The first-order chi connectivity index (χ1) is 7.40. The van der Waals surface area contributed by atoms with Gasteiger partial charge in [0, 0.05) is 17.1 Å². The molecule has 0 bridgehead atoms. The summed E-state index contributed by atoms with van der Waals surface area (Å²) in [6, 6.07) is 7.87. The Morgan fingerprint density at radius 1 is 1.33 bits per heavy atom. The predicted octanol–water partition coefficient (Wildman–Crippen LogP) is 3.10. The summed E-state index contributed by atoms with van der Waals surface area (Å²) in [5, 5.41) is 6.95. The van der Waals surface area contributed by atoms with Crippen LogP contribution in [-0.2, 0) is 0 Å². The lowest BCUT2D eigenvalue weighted by molar-refractivity contribution is 0.461. The van der Waals surface area contributed by atoms with E-state index in [-0.39, 0.29) is 0 Å². The van der Waals surface area contributed by atoms with Gasteiger partial charge in [0.1, 0.15) is 0 Å². The van der Waals surface area contributed by atoms with Gasteiger partial charge in [-0.25, -0.2) is 0 Å². The van der Waals surface area contributed by atoms with Gasteiger partial charge >= 0.3 is 0 Å². The summed E-state index contributed by atoms with van der Waals surface area (Å²) < 4.78 is 0. The van der Waals surface area contributed by atoms with E-state index in [2.05, 4.69) is 27.5 Å². The van der Waals surface area contributed by atoms with Gasteiger partial charge < -0.3 is 5.32 Å². The summed E-state index contributed by atoms with van der Waals surface area (Å²) in [7, 11) is 0. The monoisotopic (exact) mass is 202 g/mol. The highest BCUT2D eigenvalue weighted by Gasteiger charge is 2.14. The minimum Gasteiger partial charge on any atom is -0.316 e. The van der Waals surface area contributed by atoms with Crippen molar-refractivity contribution in [3.63, 3.8) is 0 Å². The van der Waals surface area contributed by atoms with E-state index in [1.54, 1.807) is 0 Å². The first-order valence-electron chi connectivity index (χ1n) is 5.26. The molecule has 2 rings (SSSR count). The summed E-state index contributed by atoms with van der Waals surface area (Å²) in [5.74, 6) is 0.610. The lowest BCUT2D eigenvalue weighted by atomic mass is 9.92. The van der Waals surface area contributed by atoms with Gasteiger partial charge in [-0.1, -0.05) is 29.4 Å². The molecule has 1 atom stereocenters. The maximum atomic E-state index is 8.29. The van der Waals surface area contributed by atoms with Crippen molar-refractivity contribution in [2.45, 2.75) is 18.8 Å². The Morgan fingerprint density at radius 2 is 2.13 bits per heavy atom. The zero-order chi connectivity index (χ0) is 10.5. The summed E-state index contributed by atoms with van der Waals surface area (Å²) in [4.78, 5) is 2.76. The Balaban J connectivity index is 2.11. The van der Waals surface area contributed by atoms with Crippen molar-refractivity contribution in [3.8, 4) is 0 Å². The molecule has 0 radical (unpaired) electrons. The maximum Gasteiger partial charge on any atom is 0.0375 e. The standard InChI is InChI=1S/C11H14N4/c12-15-14-11-5-3-9(4-6-11)10-2-1-7-13-8-10/h3-6,10,13H,1-2,7-8H2. The number of piperidine rings is 1. The third kappa shape index (κ3) is 2.49. The molecule has 1 saturated heterocycles. The molecular formula is C11H14N4. The molecule has 1 aliphatic heterocycles. The number of hydrogen-bond donors (Lipinski definition) is 1. The van der Waals surface area contributed by atoms with E-state index in [1.807, 2.05) is 12.1 Å². The molecule has 1 aromatic rings. The fourth-order valence-corrected chi connectivity index (χ4v) is 2.00. The van der Waals surface area contributed by atoms with E-state index in [9.17, 15) is 0 Å². The Hall–Kier alpha value is -1.51. The number of nitrogens with one attached hydrogen (secondary N) is 1. The van der Waals surface area contributed by atoms with E-state index in [0.717, 1.165) is 13.1 Å². The van der Waals surface area contributed by atoms with Crippen LogP contribution in [0.25, 0.3) is 10.4 Å². The number of hydrogen-bond acceptors (Lipinski definition) is 2. The molecule has 78 valence electrons. The molecule has 0 saturated carbocycles. The second kappa shape index (κ2) is 4.82. The van der Waals surface area contributed by atoms with Gasteiger partial charge in [0.05, 0.1) is 0 Å². The summed E-state index contributed by atoms with van der Waals surface area (Å²) >= 11 is 0. The third-order valence-electron chi connectivity index (χ3n) is 2.82. The first kappa shape index (κ1) is 10.0. The van der Waals surface area contributed by atoms with Crippen molar-refractivity contribution in [2.75, 3.05) is 13.1 Å². The molecule has 1 aliphatic rings. The largest absolute Gasteiger partial charge is 0.316 e. The molecule has 1 unspecified atom stereocenters. The lowest BCUT2D eigenvalue weighted by Crippen LogP contribution is -2.28.